The van der Waals surface area contributed by atoms with Crippen molar-refractivity contribution >= 4 is 17.3 Å². The van der Waals surface area contributed by atoms with E-state index in [2.05, 4.69) is 11.9 Å². The molecule has 0 aliphatic rings. The second kappa shape index (κ2) is 10.5. The summed E-state index contributed by atoms with van der Waals surface area (Å²) < 4.78 is 29.7. The summed E-state index contributed by atoms with van der Waals surface area (Å²) in [6, 6.07) is 0. The van der Waals surface area contributed by atoms with Crippen LogP contribution in [0.5, 0.6) is 0 Å². The summed E-state index contributed by atoms with van der Waals surface area (Å²) in [7, 11) is 0. The molecule has 0 aromatic carbocycles. The van der Waals surface area contributed by atoms with E-state index >= 15 is 0 Å². The van der Waals surface area contributed by atoms with Gasteiger partial charge in [0.2, 0.25) is 0 Å². The molecule has 0 aliphatic heterocycles. The Labute approximate surface area is 140 Å². The number of aromatic nitrogens is 1. The molecule has 0 atom stereocenters. The van der Waals surface area contributed by atoms with Gasteiger partial charge < -0.3 is 4.74 Å². The monoisotopic (exact) mass is 345 g/mol. The Morgan fingerprint density at radius 1 is 1.22 bits per heavy atom. The number of esters is 1. The minimum Gasteiger partial charge on any atom is -0.461 e. The summed E-state index contributed by atoms with van der Waals surface area (Å²) in [5, 5.41) is 0.974. The number of rotatable bonds is 10. The summed E-state index contributed by atoms with van der Waals surface area (Å²) in [6.07, 6.45) is 4.17. The maximum Gasteiger partial charge on any atom is 0.350 e. The summed E-state index contributed by atoms with van der Waals surface area (Å²) in [4.78, 5) is 17.0. The van der Waals surface area contributed by atoms with Gasteiger partial charge in [0.1, 0.15) is 4.88 Å². The second-order valence-corrected chi connectivity index (χ2v) is 6.70. The van der Waals surface area contributed by atoms with Crippen molar-refractivity contribution in [2.45, 2.75) is 65.7 Å². The number of nitrogens with zero attached hydrogens (tertiary/aromatic N) is 1. The molecule has 1 rings (SSSR count). The average molecular weight is 345 g/mol. The first-order valence-corrected chi connectivity index (χ1v) is 8.91. The van der Waals surface area contributed by atoms with Crippen molar-refractivity contribution in [3.63, 3.8) is 0 Å². The Bertz CT molecular complexity index is 537. The van der Waals surface area contributed by atoms with Gasteiger partial charge in [-0.05, 0) is 51.5 Å². The maximum absolute atomic E-state index is 12.2. The highest BCUT2D eigenvalue weighted by Crippen LogP contribution is 2.21. The Hall–Kier alpha value is -1.30. The van der Waals surface area contributed by atoms with Crippen molar-refractivity contribution in [1.29, 1.82) is 0 Å². The highest BCUT2D eigenvalue weighted by Gasteiger charge is 2.16. The van der Waals surface area contributed by atoms with Crippen molar-refractivity contribution in [2.75, 3.05) is 6.61 Å². The molecule has 130 valence electrons. The molecule has 0 saturated carbocycles. The molecule has 0 spiro atoms. The van der Waals surface area contributed by atoms with Gasteiger partial charge in [-0.25, -0.2) is 9.78 Å². The Morgan fingerprint density at radius 2 is 1.96 bits per heavy atom. The molecule has 0 amide bonds. The Kier molecular flexibility index (Phi) is 8.99. The van der Waals surface area contributed by atoms with E-state index in [-0.39, 0.29) is 18.1 Å². The smallest absolute Gasteiger partial charge is 0.350 e. The van der Waals surface area contributed by atoms with Crippen LogP contribution >= 0.6 is 11.3 Å². The number of aryl methyl sites for hydroxylation is 2. The van der Waals surface area contributed by atoms with Crippen LogP contribution in [-0.4, -0.2) is 17.6 Å². The highest BCUT2D eigenvalue weighted by atomic mass is 32.1. The fourth-order valence-corrected chi connectivity index (χ4v) is 3.09. The quantitative estimate of drug-likeness (QED) is 0.404. The van der Waals surface area contributed by atoms with Gasteiger partial charge in [-0.15, -0.1) is 11.3 Å². The molecule has 23 heavy (non-hydrogen) atoms. The van der Waals surface area contributed by atoms with Crippen LogP contribution in [0.4, 0.5) is 8.78 Å². The molecule has 0 bridgehead atoms. The molecule has 0 unspecified atom stereocenters. The van der Waals surface area contributed by atoms with Crippen LogP contribution in [0.25, 0.3) is 0 Å². The van der Waals surface area contributed by atoms with E-state index in [0.29, 0.717) is 29.8 Å². The minimum absolute atomic E-state index is 0.103. The third-order valence-electron chi connectivity index (χ3n) is 3.52. The number of thiazole rings is 1. The fraction of sp³-hybridized carbons (Fsp3) is 0.647. The lowest BCUT2D eigenvalue weighted by Crippen LogP contribution is -2.06. The number of hydrogen-bond acceptors (Lipinski definition) is 4. The second-order valence-electron chi connectivity index (χ2n) is 5.61. The number of carbonyl (C=O) groups is 1. The molecular weight excluding hydrogens is 320 g/mol. The molecule has 0 radical (unpaired) electrons. The van der Waals surface area contributed by atoms with E-state index in [1.54, 1.807) is 0 Å². The number of allylic oxidation sites excluding steroid dienone is 1. The zero-order valence-electron chi connectivity index (χ0n) is 14.1. The summed E-state index contributed by atoms with van der Waals surface area (Å²) in [6.45, 7) is 5.63. The normalized spacial score (nSPS) is 10.7. The van der Waals surface area contributed by atoms with Crippen LogP contribution in [-0.2, 0) is 11.2 Å². The number of ether oxygens (including phenoxy) is 1. The predicted molar refractivity (Wildman–Crippen MR) is 89.1 cm³/mol. The third-order valence-corrected chi connectivity index (χ3v) is 4.72. The van der Waals surface area contributed by atoms with Gasteiger partial charge in [0.05, 0.1) is 17.3 Å². The first kappa shape index (κ1) is 19.7. The van der Waals surface area contributed by atoms with Crippen LogP contribution in [0.3, 0.4) is 0 Å². The molecule has 0 aliphatic carbocycles. The third kappa shape index (κ3) is 7.20. The molecule has 1 aromatic rings. The fourth-order valence-electron chi connectivity index (χ4n) is 2.09. The SMILES string of the molecule is CCCCCc1nc(C)c(C(=O)OCCCCC(C)=C(F)F)s1. The number of hydrogen-bond donors (Lipinski definition) is 0. The van der Waals surface area contributed by atoms with E-state index in [1.807, 2.05) is 6.92 Å². The van der Waals surface area contributed by atoms with Crippen LogP contribution in [0.15, 0.2) is 11.7 Å². The average Bonchev–Trinajstić information content (AvgIpc) is 2.87. The van der Waals surface area contributed by atoms with Crippen molar-refractivity contribution < 1.29 is 18.3 Å². The molecule has 0 saturated heterocycles. The molecular formula is C17H25F2NO2S. The van der Waals surface area contributed by atoms with Crippen LogP contribution < -0.4 is 0 Å². The van der Waals surface area contributed by atoms with Crippen molar-refractivity contribution in [3.05, 3.63) is 27.2 Å². The maximum atomic E-state index is 12.2. The van der Waals surface area contributed by atoms with Gasteiger partial charge in [-0.1, -0.05) is 19.8 Å². The molecule has 0 N–H and O–H groups in total. The number of carbonyl (C=O) groups excluding carboxylic acids is 1. The number of halogens is 2. The van der Waals surface area contributed by atoms with Crippen LogP contribution in [0.2, 0.25) is 0 Å². The number of unbranched alkanes of at least 4 members (excludes halogenated alkanes) is 3. The lowest BCUT2D eigenvalue weighted by Gasteiger charge is -2.04. The standard InChI is InChI=1S/C17H25F2NO2S/c1-4-5-6-10-14-20-13(3)15(23-14)17(21)22-11-8-7-9-12(2)16(18)19/h4-11H2,1-3H3. The predicted octanol–water partition coefficient (Wildman–Crippen LogP) is 5.68. The largest absolute Gasteiger partial charge is 0.461 e. The molecule has 1 heterocycles. The highest BCUT2D eigenvalue weighted by molar-refractivity contribution is 7.13. The van der Waals surface area contributed by atoms with E-state index in [1.165, 1.54) is 18.3 Å². The topological polar surface area (TPSA) is 39.2 Å². The Morgan fingerprint density at radius 3 is 2.61 bits per heavy atom. The summed E-state index contributed by atoms with van der Waals surface area (Å²) in [5.74, 6) is -0.356. The van der Waals surface area contributed by atoms with Gasteiger partial charge in [-0.3, -0.25) is 0 Å². The van der Waals surface area contributed by atoms with Gasteiger partial charge >= 0.3 is 5.97 Å². The van der Waals surface area contributed by atoms with Crippen molar-refractivity contribution in [3.8, 4) is 0 Å². The van der Waals surface area contributed by atoms with E-state index < -0.39 is 6.08 Å². The zero-order chi connectivity index (χ0) is 17.2. The van der Waals surface area contributed by atoms with E-state index in [0.717, 1.165) is 30.7 Å². The zero-order valence-corrected chi connectivity index (χ0v) is 14.9. The first-order valence-electron chi connectivity index (χ1n) is 8.09. The summed E-state index contributed by atoms with van der Waals surface area (Å²) >= 11 is 1.40. The summed E-state index contributed by atoms with van der Waals surface area (Å²) in [5.41, 5.74) is 0.816. The van der Waals surface area contributed by atoms with Crippen molar-refractivity contribution in [1.82, 2.24) is 4.98 Å². The molecule has 1 aromatic heterocycles. The molecule has 0 fully saturated rings. The van der Waals surface area contributed by atoms with E-state index in [9.17, 15) is 13.6 Å². The van der Waals surface area contributed by atoms with Gasteiger partial charge in [0.15, 0.2) is 0 Å². The van der Waals surface area contributed by atoms with Crippen LogP contribution in [0, 0.1) is 6.92 Å². The minimum atomic E-state index is -1.61. The first-order chi connectivity index (χ1) is 11.0. The van der Waals surface area contributed by atoms with E-state index in [4.69, 9.17) is 4.74 Å². The lowest BCUT2D eigenvalue weighted by atomic mass is 10.1. The lowest BCUT2D eigenvalue weighted by molar-refractivity contribution is 0.0503. The van der Waals surface area contributed by atoms with Gasteiger partial charge in [0, 0.05) is 0 Å². The Balaban J connectivity index is 2.36. The van der Waals surface area contributed by atoms with Gasteiger partial charge in [0.25, 0.3) is 6.08 Å². The van der Waals surface area contributed by atoms with Crippen molar-refractivity contribution in [2.24, 2.45) is 0 Å². The van der Waals surface area contributed by atoms with Gasteiger partial charge in [-0.2, -0.15) is 8.78 Å². The molecule has 3 nitrogen and oxygen atoms in total. The molecule has 6 heteroatoms. The van der Waals surface area contributed by atoms with Crippen LogP contribution in [0.1, 0.15) is 72.7 Å².